The van der Waals surface area contributed by atoms with Gasteiger partial charge in [0.05, 0.1) is 16.9 Å². The smallest absolute Gasteiger partial charge is 0.128 e. The summed E-state index contributed by atoms with van der Waals surface area (Å²) in [6, 6.07) is 3.39. The number of alkyl halides is 1. The molecule has 0 bridgehead atoms. The molecule has 0 amide bonds. The molecule has 1 aromatic carbocycles. The van der Waals surface area contributed by atoms with E-state index < -0.39 is 0 Å². The van der Waals surface area contributed by atoms with E-state index in [4.69, 9.17) is 11.6 Å². The Bertz CT molecular complexity index is 623. The van der Waals surface area contributed by atoms with Gasteiger partial charge in [-0.15, -0.1) is 11.6 Å². The predicted octanol–water partition coefficient (Wildman–Crippen LogP) is 5.15. The minimum atomic E-state index is -0.211. The van der Waals surface area contributed by atoms with Crippen LogP contribution in [0.4, 0.5) is 4.39 Å². The molecule has 1 aromatic heterocycles. The molecule has 0 radical (unpaired) electrons. The SMILES string of the molecule is Cc1cc2c(cc1F)nc(CCl)n2CC(C(C)C)C(C)C. The van der Waals surface area contributed by atoms with Gasteiger partial charge in [0.15, 0.2) is 0 Å². The van der Waals surface area contributed by atoms with Gasteiger partial charge in [-0.05, 0) is 36.3 Å². The molecule has 0 fully saturated rings. The molecule has 0 atom stereocenters. The molecular weight excluding hydrogens is 287 g/mol. The van der Waals surface area contributed by atoms with Gasteiger partial charge in [0, 0.05) is 12.6 Å². The maximum absolute atomic E-state index is 13.7. The van der Waals surface area contributed by atoms with Crippen molar-refractivity contribution < 1.29 is 4.39 Å². The van der Waals surface area contributed by atoms with E-state index in [1.54, 1.807) is 6.92 Å². The summed E-state index contributed by atoms with van der Waals surface area (Å²) < 4.78 is 15.9. The van der Waals surface area contributed by atoms with Crippen LogP contribution in [0.15, 0.2) is 12.1 Å². The first kappa shape index (κ1) is 16.3. The average Bonchev–Trinajstić information content (AvgIpc) is 2.73. The van der Waals surface area contributed by atoms with Crippen molar-refractivity contribution in [1.29, 1.82) is 0 Å². The number of imidazole rings is 1. The highest BCUT2D eigenvalue weighted by Crippen LogP contribution is 2.27. The second-order valence-corrected chi connectivity index (χ2v) is 6.78. The summed E-state index contributed by atoms with van der Waals surface area (Å²) in [6.07, 6.45) is 0. The Hall–Kier alpha value is -1.09. The minimum absolute atomic E-state index is 0.211. The maximum Gasteiger partial charge on any atom is 0.128 e. The lowest BCUT2D eigenvalue weighted by Gasteiger charge is -2.26. The third-order valence-corrected chi connectivity index (χ3v) is 4.57. The Kier molecular flexibility index (Phi) is 4.92. The predicted molar refractivity (Wildman–Crippen MR) is 87.2 cm³/mol. The molecule has 0 spiro atoms. The van der Waals surface area contributed by atoms with Gasteiger partial charge in [0.1, 0.15) is 11.6 Å². The Morgan fingerprint density at radius 2 is 1.81 bits per heavy atom. The van der Waals surface area contributed by atoms with E-state index in [2.05, 4.69) is 37.2 Å². The number of rotatable bonds is 5. The molecule has 0 aliphatic rings. The number of hydrogen-bond donors (Lipinski definition) is 0. The quantitative estimate of drug-likeness (QED) is 0.698. The molecule has 2 rings (SSSR count). The number of aromatic nitrogens is 2. The fourth-order valence-corrected chi connectivity index (χ4v) is 3.21. The van der Waals surface area contributed by atoms with E-state index in [0.29, 0.717) is 34.7 Å². The summed E-state index contributed by atoms with van der Waals surface area (Å²) in [6.45, 7) is 11.6. The topological polar surface area (TPSA) is 17.8 Å². The number of hydrogen-bond acceptors (Lipinski definition) is 1. The number of benzene rings is 1. The highest BCUT2D eigenvalue weighted by molar-refractivity contribution is 6.16. The van der Waals surface area contributed by atoms with Crippen LogP contribution < -0.4 is 0 Å². The first-order chi connectivity index (χ1) is 9.85. The Labute approximate surface area is 131 Å². The molecule has 116 valence electrons. The van der Waals surface area contributed by atoms with Gasteiger partial charge in [-0.1, -0.05) is 27.7 Å². The van der Waals surface area contributed by atoms with Crippen molar-refractivity contribution in [1.82, 2.24) is 9.55 Å². The Morgan fingerprint density at radius 3 is 2.33 bits per heavy atom. The lowest BCUT2D eigenvalue weighted by molar-refractivity contribution is 0.252. The molecule has 0 aliphatic carbocycles. The van der Waals surface area contributed by atoms with Gasteiger partial charge in [0.25, 0.3) is 0 Å². The van der Waals surface area contributed by atoms with Gasteiger partial charge < -0.3 is 4.57 Å². The zero-order chi connectivity index (χ0) is 15.7. The van der Waals surface area contributed by atoms with Crippen LogP contribution in [0.3, 0.4) is 0 Å². The number of nitrogens with zero attached hydrogens (tertiary/aromatic N) is 2. The molecule has 0 saturated carbocycles. The maximum atomic E-state index is 13.7. The number of halogens is 2. The average molecular weight is 311 g/mol. The lowest BCUT2D eigenvalue weighted by Crippen LogP contribution is -2.22. The molecular formula is C17H24ClFN2. The van der Waals surface area contributed by atoms with Gasteiger partial charge in [-0.25, -0.2) is 9.37 Å². The fourth-order valence-electron chi connectivity index (χ4n) is 3.01. The zero-order valence-electron chi connectivity index (χ0n) is 13.5. The second-order valence-electron chi connectivity index (χ2n) is 6.51. The van der Waals surface area contributed by atoms with Crippen LogP contribution in [-0.4, -0.2) is 9.55 Å². The molecule has 4 heteroatoms. The second kappa shape index (κ2) is 6.35. The van der Waals surface area contributed by atoms with E-state index in [0.717, 1.165) is 17.9 Å². The molecule has 21 heavy (non-hydrogen) atoms. The van der Waals surface area contributed by atoms with Crippen LogP contribution in [0.2, 0.25) is 0 Å². The number of aryl methyl sites for hydroxylation is 1. The Morgan fingerprint density at radius 1 is 1.19 bits per heavy atom. The molecule has 0 N–H and O–H groups in total. The van der Waals surface area contributed by atoms with Crippen molar-refractivity contribution in [2.45, 2.75) is 47.0 Å². The summed E-state index contributed by atoms with van der Waals surface area (Å²) in [5.74, 6) is 2.65. The lowest BCUT2D eigenvalue weighted by atomic mass is 9.85. The summed E-state index contributed by atoms with van der Waals surface area (Å²) in [5, 5.41) is 0. The van der Waals surface area contributed by atoms with E-state index in [1.165, 1.54) is 6.07 Å². The van der Waals surface area contributed by atoms with Crippen molar-refractivity contribution >= 4 is 22.6 Å². The van der Waals surface area contributed by atoms with Crippen LogP contribution >= 0.6 is 11.6 Å². The number of fused-ring (bicyclic) bond motifs is 1. The van der Waals surface area contributed by atoms with Crippen molar-refractivity contribution in [3.63, 3.8) is 0 Å². The van der Waals surface area contributed by atoms with Crippen LogP contribution in [0.5, 0.6) is 0 Å². The third kappa shape index (κ3) is 3.23. The summed E-state index contributed by atoms with van der Waals surface area (Å²) in [4.78, 5) is 4.50. The molecule has 0 saturated heterocycles. The standard InChI is InChI=1S/C17H24ClFN2/c1-10(2)13(11(3)4)9-21-16-6-12(5)14(19)7-15(16)20-17(21)8-18/h6-7,10-11,13H,8-9H2,1-5H3. The first-order valence-electron chi connectivity index (χ1n) is 7.56. The normalized spacial score (nSPS) is 12.3. The van der Waals surface area contributed by atoms with E-state index in [-0.39, 0.29) is 5.82 Å². The van der Waals surface area contributed by atoms with Crippen molar-refractivity contribution in [3.05, 3.63) is 29.3 Å². The van der Waals surface area contributed by atoms with Crippen LogP contribution in [-0.2, 0) is 12.4 Å². The van der Waals surface area contributed by atoms with Gasteiger partial charge in [-0.3, -0.25) is 0 Å². The van der Waals surface area contributed by atoms with Crippen LogP contribution in [0.25, 0.3) is 11.0 Å². The Balaban J connectivity index is 2.53. The highest BCUT2D eigenvalue weighted by atomic mass is 35.5. The fraction of sp³-hybridized carbons (Fsp3) is 0.588. The van der Waals surface area contributed by atoms with Crippen LogP contribution in [0.1, 0.15) is 39.1 Å². The van der Waals surface area contributed by atoms with Crippen LogP contribution in [0, 0.1) is 30.5 Å². The summed E-state index contributed by atoms with van der Waals surface area (Å²) >= 11 is 6.05. The van der Waals surface area contributed by atoms with Gasteiger partial charge in [-0.2, -0.15) is 0 Å². The highest BCUT2D eigenvalue weighted by Gasteiger charge is 2.21. The largest absolute Gasteiger partial charge is 0.327 e. The van der Waals surface area contributed by atoms with Crippen molar-refractivity contribution in [3.8, 4) is 0 Å². The van der Waals surface area contributed by atoms with E-state index >= 15 is 0 Å². The monoisotopic (exact) mass is 310 g/mol. The molecule has 1 heterocycles. The molecule has 0 unspecified atom stereocenters. The summed E-state index contributed by atoms with van der Waals surface area (Å²) in [5.41, 5.74) is 2.33. The van der Waals surface area contributed by atoms with E-state index in [1.807, 2.05) is 6.07 Å². The van der Waals surface area contributed by atoms with Gasteiger partial charge in [0.2, 0.25) is 0 Å². The van der Waals surface area contributed by atoms with Gasteiger partial charge >= 0.3 is 0 Å². The molecule has 2 nitrogen and oxygen atoms in total. The molecule has 2 aromatic rings. The third-order valence-electron chi connectivity index (χ3n) is 4.33. The first-order valence-corrected chi connectivity index (χ1v) is 8.09. The minimum Gasteiger partial charge on any atom is -0.327 e. The summed E-state index contributed by atoms with van der Waals surface area (Å²) in [7, 11) is 0. The molecule has 0 aliphatic heterocycles. The van der Waals surface area contributed by atoms with Crippen molar-refractivity contribution in [2.75, 3.05) is 0 Å². The zero-order valence-corrected chi connectivity index (χ0v) is 14.2. The van der Waals surface area contributed by atoms with E-state index in [9.17, 15) is 4.39 Å². The van der Waals surface area contributed by atoms with Crippen molar-refractivity contribution in [2.24, 2.45) is 17.8 Å².